The summed E-state index contributed by atoms with van der Waals surface area (Å²) in [5.41, 5.74) is -0.810. The van der Waals surface area contributed by atoms with Gasteiger partial charge in [-0.3, -0.25) is 4.98 Å². The summed E-state index contributed by atoms with van der Waals surface area (Å²) >= 11 is 0. The van der Waals surface area contributed by atoms with Crippen LogP contribution in [0.3, 0.4) is 0 Å². The molecule has 0 aliphatic carbocycles. The van der Waals surface area contributed by atoms with Crippen molar-refractivity contribution >= 4 is 9.92 Å². The van der Waals surface area contributed by atoms with E-state index >= 15 is 0 Å². The third-order valence-corrected chi connectivity index (χ3v) is 5.38. The summed E-state index contributed by atoms with van der Waals surface area (Å²) in [6.07, 6.45) is -3.04. The van der Waals surface area contributed by atoms with E-state index in [1.807, 2.05) is 0 Å². The molecule has 0 saturated heterocycles. The van der Waals surface area contributed by atoms with Gasteiger partial charge in [0.1, 0.15) is 22.0 Å². The highest BCUT2D eigenvalue weighted by molar-refractivity contribution is 7.90. The molecule has 5 nitrogen and oxygen atoms in total. The van der Waals surface area contributed by atoms with Crippen LogP contribution in [0.5, 0.6) is 0 Å². The fourth-order valence-electron chi connectivity index (χ4n) is 2.23. The second-order valence-electron chi connectivity index (χ2n) is 5.21. The number of pyridine rings is 1. The lowest BCUT2D eigenvalue weighted by molar-refractivity contribution is -0.170. The minimum Gasteiger partial charge on any atom is -0.262 e. The van der Waals surface area contributed by atoms with Crippen LogP contribution in [0.25, 0.3) is 0 Å². The van der Waals surface area contributed by atoms with Crippen molar-refractivity contribution in [1.82, 2.24) is 9.29 Å². The second kappa shape index (κ2) is 6.97. The summed E-state index contributed by atoms with van der Waals surface area (Å²) in [6, 6.07) is 1.57. The number of hydrogen-bond acceptors (Lipinski definition) is 4. The van der Waals surface area contributed by atoms with Gasteiger partial charge in [0, 0.05) is 19.4 Å². The van der Waals surface area contributed by atoms with Gasteiger partial charge in [0.15, 0.2) is 11.6 Å². The van der Waals surface area contributed by atoms with Crippen molar-refractivity contribution in [3.63, 3.8) is 0 Å². The summed E-state index contributed by atoms with van der Waals surface area (Å²) in [4.78, 5) is 3.16. The minimum atomic E-state index is -5.04. The van der Waals surface area contributed by atoms with Gasteiger partial charge in [-0.05, 0) is 23.8 Å². The highest BCUT2D eigenvalue weighted by Gasteiger charge is 2.47. The molecule has 2 aromatic rings. The van der Waals surface area contributed by atoms with E-state index in [1.54, 1.807) is 6.07 Å². The molecule has 26 heavy (non-hydrogen) atoms. The van der Waals surface area contributed by atoms with Crippen LogP contribution < -0.4 is 0 Å². The molecule has 0 saturated carbocycles. The monoisotopic (exact) mass is 390 g/mol. The van der Waals surface area contributed by atoms with Crippen LogP contribution in [0.4, 0.5) is 22.0 Å². The molecule has 138 valence electrons. The lowest BCUT2D eigenvalue weighted by atomic mass is 10.1. The summed E-state index contributed by atoms with van der Waals surface area (Å²) in [5, 5.41) is 8.82. The Bertz CT molecular complexity index is 969. The van der Waals surface area contributed by atoms with Crippen molar-refractivity contribution in [2.75, 3.05) is 7.05 Å². The van der Waals surface area contributed by atoms with Crippen LogP contribution in [-0.4, -0.2) is 26.7 Å². The van der Waals surface area contributed by atoms with Gasteiger partial charge >= 0.3 is 6.18 Å². The molecular formula is C15H11F5N4OS. The molecule has 0 unspecified atom stereocenters. The predicted molar refractivity (Wildman–Crippen MR) is 81.0 cm³/mol. The number of benzene rings is 1. The van der Waals surface area contributed by atoms with Crippen LogP contribution in [-0.2, 0) is 9.92 Å². The van der Waals surface area contributed by atoms with E-state index in [0.29, 0.717) is 18.2 Å². The van der Waals surface area contributed by atoms with Gasteiger partial charge in [0.05, 0.1) is 10.5 Å². The maximum atomic E-state index is 13.5. The van der Waals surface area contributed by atoms with Crippen molar-refractivity contribution in [2.45, 2.75) is 17.1 Å². The van der Waals surface area contributed by atoms with Gasteiger partial charge in [-0.2, -0.15) is 18.4 Å². The molecule has 1 aromatic heterocycles. The predicted octanol–water partition coefficient (Wildman–Crippen LogP) is 3.79. The van der Waals surface area contributed by atoms with Gasteiger partial charge in [0.2, 0.25) is 0 Å². The second-order valence-corrected chi connectivity index (χ2v) is 7.31. The molecule has 0 aliphatic heterocycles. The first-order valence-electron chi connectivity index (χ1n) is 6.87. The molecule has 2 atom stereocenters. The average Bonchev–Trinajstić information content (AvgIpc) is 2.57. The molecule has 0 fully saturated rings. The molecule has 0 bridgehead atoms. The van der Waals surface area contributed by atoms with Crippen molar-refractivity contribution < 1.29 is 26.2 Å². The molecule has 1 heterocycles. The summed E-state index contributed by atoms with van der Waals surface area (Å²) in [6.45, 7) is 0. The molecular weight excluding hydrogens is 379 g/mol. The third-order valence-electron chi connectivity index (χ3n) is 3.50. The number of alkyl halides is 3. The molecule has 11 heteroatoms. The first-order valence-corrected chi connectivity index (χ1v) is 8.38. The zero-order chi connectivity index (χ0) is 19.7. The quantitative estimate of drug-likeness (QED) is 0.807. The lowest BCUT2D eigenvalue weighted by Crippen LogP contribution is -2.39. The van der Waals surface area contributed by atoms with Crippen LogP contribution in [0.15, 0.2) is 41.6 Å². The van der Waals surface area contributed by atoms with E-state index in [2.05, 4.69) is 4.98 Å². The average molecular weight is 390 g/mol. The standard InChI is InChI=1S/C15H11F5N4OS/c1-24(26(22,25)11-4-9(6-21)7-23-8-11)14(15(18,19)20)10-2-3-12(16)13(17)5-10/h2-5,7-8,14,22H,1H3/t14-,26-/m1/s1. The van der Waals surface area contributed by atoms with Gasteiger partial charge in [-0.25, -0.2) is 22.1 Å². The van der Waals surface area contributed by atoms with Crippen LogP contribution in [0, 0.1) is 27.7 Å². The van der Waals surface area contributed by atoms with E-state index in [-0.39, 0.29) is 9.87 Å². The van der Waals surface area contributed by atoms with Gasteiger partial charge < -0.3 is 0 Å². The number of aromatic nitrogens is 1. The minimum absolute atomic E-state index is 0.0905. The van der Waals surface area contributed by atoms with Crippen LogP contribution in [0.1, 0.15) is 17.2 Å². The molecule has 0 aliphatic rings. The number of nitriles is 1. The van der Waals surface area contributed by atoms with Gasteiger partial charge in [0.25, 0.3) is 0 Å². The zero-order valence-corrected chi connectivity index (χ0v) is 13.9. The molecule has 1 aromatic carbocycles. The smallest absolute Gasteiger partial charge is 0.262 e. The number of nitrogens with zero attached hydrogens (tertiary/aromatic N) is 3. The van der Waals surface area contributed by atoms with E-state index in [0.717, 1.165) is 25.5 Å². The Kier molecular flexibility index (Phi) is 5.29. The number of rotatable bonds is 4. The lowest BCUT2D eigenvalue weighted by Gasteiger charge is -2.31. The largest absolute Gasteiger partial charge is 0.409 e. The number of hydrogen-bond donors (Lipinski definition) is 1. The Balaban J connectivity index is 2.57. The Morgan fingerprint density at radius 1 is 1.23 bits per heavy atom. The Hall–Kier alpha value is -2.58. The topological polar surface area (TPSA) is 80.8 Å². The van der Waals surface area contributed by atoms with Gasteiger partial charge in [-0.15, -0.1) is 0 Å². The fraction of sp³-hybridized carbons (Fsp3) is 0.200. The van der Waals surface area contributed by atoms with Crippen molar-refractivity contribution in [3.8, 4) is 6.07 Å². The molecule has 2 rings (SSSR count). The van der Waals surface area contributed by atoms with E-state index in [9.17, 15) is 26.2 Å². The van der Waals surface area contributed by atoms with Gasteiger partial charge in [-0.1, -0.05) is 6.07 Å². The highest BCUT2D eigenvalue weighted by Crippen LogP contribution is 2.40. The van der Waals surface area contributed by atoms with Crippen molar-refractivity contribution in [2.24, 2.45) is 0 Å². The van der Waals surface area contributed by atoms with Crippen LogP contribution in [0.2, 0.25) is 0 Å². The fourth-order valence-corrected chi connectivity index (χ4v) is 3.59. The molecule has 0 spiro atoms. The number of halogens is 5. The normalized spacial score (nSPS) is 15.3. The molecule has 0 amide bonds. The molecule has 0 radical (unpaired) electrons. The number of nitrogens with one attached hydrogen (secondary N) is 1. The van der Waals surface area contributed by atoms with E-state index in [4.69, 9.17) is 10.0 Å². The Morgan fingerprint density at radius 2 is 1.88 bits per heavy atom. The Labute approximate surface area is 145 Å². The summed E-state index contributed by atoms with van der Waals surface area (Å²) in [5.74, 6) is -2.84. The SMILES string of the molecule is CN([C@H](c1ccc(F)c(F)c1)C(F)(F)F)[S@@](=N)(=O)c1cncc(C#N)c1. The zero-order valence-electron chi connectivity index (χ0n) is 13.1. The molecule has 1 N–H and O–H groups in total. The van der Waals surface area contributed by atoms with Crippen molar-refractivity contribution in [1.29, 1.82) is 10.0 Å². The third kappa shape index (κ3) is 3.81. The van der Waals surface area contributed by atoms with Crippen LogP contribution >= 0.6 is 0 Å². The Morgan fingerprint density at radius 3 is 2.42 bits per heavy atom. The summed E-state index contributed by atoms with van der Waals surface area (Å²) in [7, 11) is -3.47. The van der Waals surface area contributed by atoms with Crippen molar-refractivity contribution in [3.05, 3.63) is 59.4 Å². The first kappa shape index (κ1) is 19.7. The highest BCUT2D eigenvalue weighted by atomic mass is 32.2. The van der Waals surface area contributed by atoms with E-state index < -0.39 is 44.2 Å². The maximum absolute atomic E-state index is 13.5. The summed E-state index contributed by atoms with van der Waals surface area (Å²) < 4.78 is 87.9. The maximum Gasteiger partial charge on any atom is 0.409 e. The first-order chi connectivity index (χ1) is 12.0. The van der Waals surface area contributed by atoms with E-state index in [1.165, 1.54) is 0 Å².